The minimum atomic E-state index is -0.642. The molecule has 0 radical (unpaired) electrons. The number of hydrogen-bond donors (Lipinski definition) is 2. The summed E-state index contributed by atoms with van der Waals surface area (Å²) in [4.78, 5) is 34.8. The fraction of sp³-hybridized carbons (Fsp3) is 0.261. The number of amides is 1. The molecule has 4 aromatic rings. The molecule has 2 atom stereocenters. The fourth-order valence-electron chi connectivity index (χ4n) is 4.30. The number of para-hydroxylation sites is 1. The third kappa shape index (κ3) is 3.03. The highest BCUT2D eigenvalue weighted by Crippen LogP contribution is 2.31. The lowest BCUT2D eigenvalue weighted by Gasteiger charge is -2.34. The van der Waals surface area contributed by atoms with E-state index in [9.17, 15) is 9.59 Å². The number of halogens is 1. The summed E-state index contributed by atoms with van der Waals surface area (Å²) >= 11 is 2.19. The number of rotatable bonds is 3. The molecule has 1 aliphatic rings. The van der Waals surface area contributed by atoms with E-state index in [1.54, 1.807) is 4.57 Å². The standard InChI is InChI=1S/C23H21IN4O2/c1-12(2)20-21-26-18-8-7-14(24)10-16(18)23(30)28(21)19(22(29)27-20)9-13-11-25-17-6-4-3-5-15(13)17/h3-8,10-12,19-20,25H,9H2,1-2H3,(H,27,29)/t19-,20+/m1/s1. The van der Waals surface area contributed by atoms with Gasteiger partial charge in [0.15, 0.2) is 0 Å². The minimum Gasteiger partial charge on any atom is -0.361 e. The quantitative estimate of drug-likeness (QED) is 0.406. The van der Waals surface area contributed by atoms with E-state index in [0.717, 1.165) is 20.0 Å². The van der Waals surface area contributed by atoms with Crippen molar-refractivity contribution in [2.75, 3.05) is 0 Å². The molecule has 2 aromatic carbocycles. The van der Waals surface area contributed by atoms with E-state index in [2.05, 4.69) is 32.9 Å². The van der Waals surface area contributed by atoms with Crippen molar-refractivity contribution in [3.63, 3.8) is 0 Å². The van der Waals surface area contributed by atoms with Crippen molar-refractivity contribution in [3.8, 4) is 0 Å². The van der Waals surface area contributed by atoms with E-state index < -0.39 is 6.04 Å². The van der Waals surface area contributed by atoms with Crippen molar-refractivity contribution in [1.29, 1.82) is 0 Å². The van der Waals surface area contributed by atoms with E-state index in [-0.39, 0.29) is 23.4 Å². The van der Waals surface area contributed by atoms with Crippen LogP contribution in [-0.2, 0) is 11.2 Å². The van der Waals surface area contributed by atoms with E-state index >= 15 is 0 Å². The van der Waals surface area contributed by atoms with Gasteiger partial charge in [0.1, 0.15) is 11.9 Å². The van der Waals surface area contributed by atoms with Gasteiger partial charge in [-0.15, -0.1) is 0 Å². The molecule has 7 heteroatoms. The van der Waals surface area contributed by atoms with Crippen LogP contribution in [0.2, 0.25) is 0 Å². The Labute approximate surface area is 186 Å². The minimum absolute atomic E-state index is 0.113. The highest BCUT2D eigenvalue weighted by molar-refractivity contribution is 14.1. The predicted octanol–water partition coefficient (Wildman–Crippen LogP) is 4.09. The van der Waals surface area contributed by atoms with Crippen LogP contribution in [-0.4, -0.2) is 20.4 Å². The predicted molar refractivity (Wildman–Crippen MR) is 125 cm³/mol. The number of carbonyl (C=O) groups is 1. The van der Waals surface area contributed by atoms with Gasteiger partial charge in [-0.25, -0.2) is 4.98 Å². The van der Waals surface area contributed by atoms with Crippen LogP contribution in [0.1, 0.15) is 37.3 Å². The second-order valence-electron chi connectivity index (χ2n) is 8.12. The van der Waals surface area contributed by atoms with Gasteiger partial charge >= 0.3 is 0 Å². The summed E-state index contributed by atoms with van der Waals surface area (Å²) in [5, 5.41) is 4.73. The van der Waals surface area contributed by atoms with E-state index in [0.29, 0.717) is 23.1 Å². The zero-order valence-corrected chi connectivity index (χ0v) is 18.8. The summed E-state index contributed by atoms with van der Waals surface area (Å²) in [6.07, 6.45) is 2.35. The molecule has 3 heterocycles. The van der Waals surface area contributed by atoms with Crippen molar-refractivity contribution in [3.05, 3.63) is 74.0 Å². The van der Waals surface area contributed by atoms with Crippen molar-refractivity contribution in [1.82, 2.24) is 19.9 Å². The van der Waals surface area contributed by atoms with Gasteiger partial charge in [0.05, 0.1) is 16.9 Å². The lowest BCUT2D eigenvalue weighted by Crippen LogP contribution is -2.49. The average Bonchev–Trinajstić information content (AvgIpc) is 3.13. The first-order valence-electron chi connectivity index (χ1n) is 10.0. The van der Waals surface area contributed by atoms with Crippen LogP contribution in [0.25, 0.3) is 21.8 Å². The highest BCUT2D eigenvalue weighted by Gasteiger charge is 2.37. The van der Waals surface area contributed by atoms with Gasteiger partial charge in [0, 0.05) is 27.1 Å². The molecule has 0 bridgehead atoms. The van der Waals surface area contributed by atoms with Crippen LogP contribution in [0.4, 0.5) is 0 Å². The van der Waals surface area contributed by atoms with Crippen molar-refractivity contribution in [2.45, 2.75) is 32.4 Å². The molecule has 1 amide bonds. The van der Waals surface area contributed by atoms with Gasteiger partial charge in [-0.2, -0.15) is 0 Å². The molecule has 2 aromatic heterocycles. The maximum absolute atomic E-state index is 13.6. The molecule has 0 saturated heterocycles. The van der Waals surface area contributed by atoms with Gasteiger partial charge in [0.2, 0.25) is 5.91 Å². The molecule has 2 N–H and O–H groups in total. The van der Waals surface area contributed by atoms with Crippen LogP contribution >= 0.6 is 22.6 Å². The topological polar surface area (TPSA) is 79.8 Å². The Morgan fingerprint density at radius 1 is 1.13 bits per heavy atom. The summed E-state index contributed by atoms with van der Waals surface area (Å²) in [6, 6.07) is 12.7. The smallest absolute Gasteiger partial charge is 0.262 e. The molecular formula is C23H21IN4O2. The second-order valence-corrected chi connectivity index (χ2v) is 9.36. The molecule has 0 aliphatic carbocycles. The Morgan fingerprint density at radius 3 is 2.73 bits per heavy atom. The zero-order chi connectivity index (χ0) is 21.0. The number of H-pyrrole nitrogens is 1. The Hall–Kier alpha value is -2.68. The lowest BCUT2D eigenvalue weighted by molar-refractivity contribution is -0.127. The number of nitrogens with zero attached hydrogens (tertiary/aromatic N) is 2. The van der Waals surface area contributed by atoms with Crippen LogP contribution in [0, 0.1) is 9.49 Å². The van der Waals surface area contributed by atoms with Crippen LogP contribution in [0.15, 0.2) is 53.5 Å². The third-order valence-corrected chi connectivity index (χ3v) is 6.51. The van der Waals surface area contributed by atoms with Crippen LogP contribution in [0.5, 0.6) is 0 Å². The van der Waals surface area contributed by atoms with Gasteiger partial charge < -0.3 is 10.3 Å². The third-order valence-electron chi connectivity index (χ3n) is 5.83. The first-order chi connectivity index (χ1) is 14.4. The monoisotopic (exact) mass is 512 g/mol. The molecule has 30 heavy (non-hydrogen) atoms. The number of carbonyl (C=O) groups excluding carboxylic acids is 1. The summed E-state index contributed by atoms with van der Waals surface area (Å²) in [6.45, 7) is 4.05. The van der Waals surface area contributed by atoms with E-state index in [1.165, 1.54) is 0 Å². The highest BCUT2D eigenvalue weighted by atomic mass is 127. The molecule has 6 nitrogen and oxygen atoms in total. The molecule has 0 spiro atoms. The van der Waals surface area contributed by atoms with Crippen LogP contribution < -0.4 is 10.9 Å². The largest absolute Gasteiger partial charge is 0.361 e. The SMILES string of the molecule is CC(C)[C@@H]1NC(=O)[C@@H](Cc2c[nH]c3ccccc23)n2c1nc1ccc(I)cc1c2=O. The molecule has 0 fully saturated rings. The van der Waals surface area contributed by atoms with Crippen molar-refractivity contribution in [2.24, 2.45) is 5.92 Å². The molecular weight excluding hydrogens is 491 g/mol. The zero-order valence-electron chi connectivity index (χ0n) is 16.6. The fourth-order valence-corrected chi connectivity index (χ4v) is 4.79. The van der Waals surface area contributed by atoms with Gasteiger partial charge in [-0.1, -0.05) is 32.0 Å². The van der Waals surface area contributed by atoms with Gasteiger partial charge in [-0.05, 0) is 58.3 Å². The normalized spacial score (nSPS) is 18.7. The van der Waals surface area contributed by atoms with Gasteiger partial charge in [-0.3, -0.25) is 14.2 Å². The number of hydrogen-bond acceptors (Lipinski definition) is 3. The first-order valence-corrected chi connectivity index (χ1v) is 11.1. The molecule has 1 aliphatic heterocycles. The van der Waals surface area contributed by atoms with Crippen molar-refractivity contribution >= 4 is 50.3 Å². The Morgan fingerprint density at radius 2 is 1.93 bits per heavy atom. The number of fused-ring (bicyclic) bond motifs is 3. The number of benzene rings is 2. The van der Waals surface area contributed by atoms with Gasteiger partial charge in [0.25, 0.3) is 5.56 Å². The first kappa shape index (κ1) is 19.3. The maximum Gasteiger partial charge on any atom is 0.262 e. The number of aromatic amines is 1. The lowest BCUT2D eigenvalue weighted by atomic mass is 9.96. The Kier molecular flexibility index (Phi) is 4.65. The summed E-state index contributed by atoms with van der Waals surface area (Å²) in [5.74, 6) is 0.607. The van der Waals surface area contributed by atoms with Crippen LogP contribution in [0.3, 0.4) is 0 Å². The Bertz CT molecular complexity index is 1350. The molecule has 0 unspecified atom stereocenters. The van der Waals surface area contributed by atoms with E-state index in [4.69, 9.17) is 4.98 Å². The number of nitrogens with one attached hydrogen (secondary N) is 2. The van der Waals surface area contributed by atoms with Crippen molar-refractivity contribution < 1.29 is 4.79 Å². The molecule has 152 valence electrons. The molecule has 5 rings (SSSR count). The summed E-state index contributed by atoms with van der Waals surface area (Å²) < 4.78 is 2.59. The average molecular weight is 512 g/mol. The number of aromatic nitrogens is 3. The van der Waals surface area contributed by atoms with E-state index in [1.807, 2.05) is 62.5 Å². The Balaban J connectivity index is 1.72. The summed E-state index contributed by atoms with van der Waals surface area (Å²) in [7, 11) is 0. The summed E-state index contributed by atoms with van der Waals surface area (Å²) in [5.41, 5.74) is 2.54. The molecule has 0 saturated carbocycles. The maximum atomic E-state index is 13.6. The second kappa shape index (κ2) is 7.23.